The molecule has 1 aromatic heterocycles. The van der Waals surface area contributed by atoms with Crippen LogP contribution < -0.4 is 5.73 Å². The molecule has 0 aliphatic heterocycles. The number of para-hydroxylation sites is 2. The van der Waals surface area contributed by atoms with Gasteiger partial charge in [-0.2, -0.15) is 0 Å². The number of nitrogens with two attached hydrogens (primary N) is 1. The molecule has 0 fully saturated rings. The Kier molecular flexibility index (Phi) is 4.26. The van der Waals surface area contributed by atoms with Gasteiger partial charge in [0, 0.05) is 0 Å². The van der Waals surface area contributed by atoms with E-state index in [9.17, 15) is 9.90 Å². The molecule has 0 bridgehead atoms. The number of aromatic nitrogens is 1. The lowest BCUT2D eigenvalue weighted by Crippen LogP contribution is -2.49. The van der Waals surface area contributed by atoms with Gasteiger partial charge in [0.2, 0.25) is 11.6 Å². The summed E-state index contributed by atoms with van der Waals surface area (Å²) in [4.78, 5) is 16.5. The van der Waals surface area contributed by atoms with E-state index < -0.39 is 23.2 Å². The highest BCUT2D eigenvalue weighted by atomic mass is 16.6. The van der Waals surface area contributed by atoms with E-state index >= 15 is 0 Å². The third-order valence-electron chi connectivity index (χ3n) is 3.27. The number of rotatable bonds is 4. The number of hydrogen-bond donors (Lipinski definition) is 2. The Labute approximate surface area is 129 Å². The second-order valence-electron chi connectivity index (χ2n) is 6.31. The molecule has 1 heterocycles. The molecule has 6 heteroatoms. The van der Waals surface area contributed by atoms with Gasteiger partial charge in [-0.1, -0.05) is 19.1 Å². The van der Waals surface area contributed by atoms with E-state index in [1.807, 2.05) is 0 Å². The largest absolute Gasteiger partial charge is 0.460 e. The van der Waals surface area contributed by atoms with Gasteiger partial charge in [0.05, 0.1) is 0 Å². The first-order valence-corrected chi connectivity index (χ1v) is 7.25. The molecule has 0 saturated heterocycles. The first kappa shape index (κ1) is 16.5. The van der Waals surface area contributed by atoms with Crippen LogP contribution in [0, 0.1) is 5.92 Å². The smallest absolute Gasteiger partial charge is 0.314 e. The first-order valence-electron chi connectivity index (χ1n) is 7.25. The third kappa shape index (κ3) is 3.28. The summed E-state index contributed by atoms with van der Waals surface area (Å²) in [7, 11) is 0. The summed E-state index contributed by atoms with van der Waals surface area (Å²) in [5.41, 5.74) is 4.35. The summed E-state index contributed by atoms with van der Waals surface area (Å²) in [6, 6.07) is 7.05. The Morgan fingerprint density at radius 1 is 1.41 bits per heavy atom. The van der Waals surface area contributed by atoms with Gasteiger partial charge in [-0.3, -0.25) is 10.5 Å². The van der Waals surface area contributed by atoms with Crippen molar-refractivity contribution in [2.75, 3.05) is 0 Å². The molecule has 3 N–H and O–H groups in total. The molecule has 120 valence electrons. The predicted octanol–water partition coefficient (Wildman–Crippen LogP) is 2.30. The molecular formula is C16H22N2O4. The highest BCUT2D eigenvalue weighted by Gasteiger charge is 2.44. The van der Waals surface area contributed by atoms with Crippen molar-refractivity contribution < 1.29 is 19.1 Å². The first-order chi connectivity index (χ1) is 10.1. The van der Waals surface area contributed by atoms with Gasteiger partial charge < -0.3 is 14.3 Å². The molecule has 1 aromatic carbocycles. The van der Waals surface area contributed by atoms with E-state index in [1.54, 1.807) is 52.0 Å². The van der Waals surface area contributed by atoms with Gasteiger partial charge in [0.15, 0.2) is 5.58 Å². The average molecular weight is 306 g/mol. The monoisotopic (exact) mass is 306 g/mol. The number of fused-ring (bicyclic) bond motifs is 1. The van der Waals surface area contributed by atoms with Crippen molar-refractivity contribution >= 4 is 17.1 Å². The fourth-order valence-corrected chi connectivity index (χ4v) is 2.22. The molecule has 2 aromatic rings. The van der Waals surface area contributed by atoms with E-state index in [0.717, 1.165) is 0 Å². The number of ether oxygens (including phenoxy) is 1. The minimum Gasteiger partial charge on any atom is -0.460 e. The van der Waals surface area contributed by atoms with Crippen LogP contribution >= 0.6 is 0 Å². The fraction of sp³-hybridized carbons (Fsp3) is 0.500. The van der Waals surface area contributed by atoms with Crippen LogP contribution in [0.4, 0.5) is 0 Å². The van der Waals surface area contributed by atoms with Gasteiger partial charge >= 0.3 is 5.97 Å². The maximum absolute atomic E-state index is 12.3. The highest BCUT2D eigenvalue weighted by Crippen LogP contribution is 2.31. The van der Waals surface area contributed by atoms with Gasteiger partial charge in [-0.25, -0.2) is 4.98 Å². The molecule has 22 heavy (non-hydrogen) atoms. The van der Waals surface area contributed by atoms with Gasteiger partial charge in [0.25, 0.3) is 0 Å². The van der Waals surface area contributed by atoms with Crippen LogP contribution in [0.2, 0.25) is 0 Å². The molecular weight excluding hydrogens is 284 g/mol. The molecule has 0 spiro atoms. The van der Waals surface area contributed by atoms with Crippen molar-refractivity contribution in [1.29, 1.82) is 0 Å². The Hall–Kier alpha value is -1.92. The highest BCUT2D eigenvalue weighted by molar-refractivity contribution is 5.75. The van der Waals surface area contributed by atoms with Crippen molar-refractivity contribution in [2.24, 2.45) is 11.7 Å². The van der Waals surface area contributed by atoms with E-state index in [-0.39, 0.29) is 5.89 Å². The molecule has 0 aliphatic rings. The molecule has 6 nitrogen and oxygen atoms in total. The number of oxazole rings is 1. The summed E-state index contributed by atoms with van der Waals surface area (Å²) >= 11 is 0. The summed E-state index contributed by atoms with van der Waals surface area (Å²) in [5.74, 6) is -1.64. The van der Waals surface area contributed by atoms with Crippen LogP contribution in [-0.2, 0) is 15.3 Å². The maximum atomic E-state index is 12.3. The van der Waals surface area contributed by atoms with Crippen molar-refractivity contribution in [1.82, 2.24) is 4.98 Å². The SMILES string of the molecule is CC[C@H](C(=O)OC(C)(C)C)C(N)(O)c1nc2ccccc2o1. The lowest BCUT2D eigenvalue weighted by Gasteiger charge is -2.30. The molecule has 2 rings (SSSR count). The van der Waals surface area contributed by atoms with Gasteiger partial charge in [-0.05, 0) is 39.3 Å². The Morgan fingerprint density at radius 2 is 2.05 bits per heavy atom. The molecule has 0 radical (unpaired) electrons. The van der Waals surface area contributed by atoms with Gasteiger partial charge in [0.1, 0.15) is 17.0 Å². The lowest BCUT2D eigenvalue weighted by atomic mass is 9.93. The zero-order valence-electron chi connectivity index (χ0n) is 13.3. The lowest BCUT2D eigenvalue weighted by molar-refractivity contribution is -0.172. The number of carbonyl (C=O) groups is 1. The number of carbonyl (C=O) groups excluding carboxylic acids is 1. The number of aliphatic hydroxyl groups is 1. The normalized spacial score (nSPS) is 16.3. The fourth-order valence-electron chi connectivity index (χ4n) is 2.22. The number of esters is 1. The topological polar surface area (TPSA) is 98.6 Å². The third-order valence-corrected chi connectivity index (χ3v) is 3.27. The van der Waals surface area contributed by atoms with Crippen LogP contribution in [0.25, 0.3) is 11.1 Å². The Morgan fingerprint density at radius 3 is 2.59 bits per heavy atom. The number of benzene rings is 1. The Bertz CT molecular complexity index is 637. The summed E-state index contributed by atoms with van der Waals surface area (Å²) in [5, 5.41) is 10.6. The molecule has 0 saturated carbocycles. The van der Waals surface area contributed by atoms with Crippen LogP contribution in [0.3, 0.4) is 0 Å². The minimum atomic E-state index is -2.03. The quantitative estimate of drug-likeness (QED) is 0.664. The molecule has 1 unspecified atom stereocenters. The standard InChI is InChI=1S/C16H22N2O4/c1-5-10(13(19)22-15(2,3)4)16(17,20)14-18-11-8-6-7-9-12(11)21-14/h6-10,20H,5,17H2,1-4H3/t10-,16?/m1/s1. The maximum Gasteiger partial charge on any atom is 0.314 e. The van der Waals surface area contributed by atoms with Gasteiger partial charge in [-0.15, -0.1) is 0 Å². The number of hydrogen-bond acceptors (Lipinski definition) is 6. The van der Waals surface area contributed by atoms with E-state index in [1.165, 1.54) is 0 Å². The number of nitrogens with zero attached hydrogens (tertiary/aromatic N) is 1. The Balaban J connectivity index is 2.35. The van der Waals surface area contributed by atoms with E-state index in [0.29, 0.717) is 17.5 Å². The van der Waals surface area contributed by atoms with Crippen molar-refractivity contribution in [3.63, 3.8) is 0 Å². The summed E-state index contributed by atoms with van der Waals surface area (Å²) < 4.78 is 10.8. The second kappa shape index (κ2) is 5.70. The molecule has 2 atom stereocenters. The summed E-state index contributed by atoms with van der Waals surface area (Å²) in [6.45, 7) is 7.01. The zero-order chi connectivity index (χ0) is 16.5. The van der Waals surface area contributed by atoms with E-state index in [4.69, 9.17) is 14.9 Å². The second-order valence-corrected chi connectivity index (χ2v) is 6.31. The zero-order valence-corrected chi connectivity index (χ0v) is 13.3. The van der Waals surface area contributed by atoms with Crippen molar-refractivity contribution in [3.8, 4) is 0 Å². The van der Waals surface area contributed by atoms with E-state index in [2.05, 4.69) is 4.98 Å². The summed E-state index contributed by atoms with van der Waals surface area (Å²) in [6.07, 6.45) is 0.292. The molecule has 0 amide bonds. The van der Waals surface area contributed by atoms with Crippen LogP contribution in [0.5, 0.6) is 0 Å². The van der Waals surface area contributed by atoms with Crippen molar-refractivity contribution in [2.45, 2.75) is 45.4 Å². The molecule has 0 aliphatic carbocycles. The van der Waals surface area contributed by atoms with Crippen LogP contribution in [0.15, 0.2) is 28.7 Å². The van der Waals surface area contributed by atoms with Crippen molar-refractivity contribution in [3.05, 3.63) is 30.2 Å². The van der Waals surface area contributed by atoms with Crippen LogP contribution in [0.1, 0.15) is 40.0 Å². The van der Waals surface area contributed by atoms with Crippen LogP contribution in [-0.4, -0.2) is 21.7 Å². The minimum absolute atomic E-state index is 0.0913. The predicted molar refractivity (Wildman–Crippen MR) is 81.7 cm³/mol. The average Bonchev–Trinajstić information content (AvgIpc) is 2.81.